The Hall–Kier alpha value is -0.320. The van der Waals surface area contributed by atoms with Gasteiger partial charge >= 0.3 is 23.5 Å². The van der Waals surface area contributed by atoms with Gasteiger partial charge in [-0.15, -0.1) is 0 Å². The van der Waals surface area contributed by atoms with Gasteiger partial charge < -0.3 is 29.6 Å². The molecule has 3 saturated heterocycles. The lowest BCUT2D eigenvalue weighted by Crippen LogP contribution is -2.70. The monoisotopic (exact) mass is 497 g/mol. The van der Waals surface area contributed by atoms with Crippen LogP contribution in [0.25, 0.3) is 0 Å². The van der Waals surface area contributed by atoms with Crippen molar-refractivity contribution in [2.24, 2.45) is 5.73 Å². The lowest BCUT2D eigenvalue weighted by Gasteiger charge is -2.37. The van der Waals surface area contributed by atoms with Crippen LogP contribution < -0.4 is 21.7 Å². The Kier molecular flexibility index (Phi) is 7.22. The normalized spacial score (nSPS) is 36.7. The van der Waals surface area contributed by atoms with E-state index in [0.717, 1.165) is 0 Å². The highest BCUT2D eigenvalue weighted by atomic mass is 31.3. The van der Waals surface area contributed by atoms with Gasteiger partial charge in [-0.3, -0.25) is 25.7 Å². The summed E-state index contributed by atoms with van der Waals surface area (Å²) in [7, 11) is -16.2. The number of rotatable bonds is 8. The third kappa shape index (κ3) is 6.36. The van der Waals surface area contributed by atoms with Gasteiger partial charge in [-0.25, -0.2) is 18.6 Å². The predicted octanol–water partition coefficient (Wildman–Crippen LogP) is -2.65. The smallest absolute Gasteiger partial charge is 0.357 e. The minimum atomic E-state index is -5.57. The molecule has 0 aromatic carbocycles. The second kappa shape index (κ2) is 8.90. The summed E-state index contributed by atoms with van der Waals surface area (Å²) < 4.78 is 51.3. The number of phosphoric acid groups is 3. The zero-order chi connectivity index (χ0) is 22.3. The van der Waals surface area contributed by atoms with Crippen molar-refractivity contribution < 1.29 is 55.9 Å². The first-order valence-electron chi connectivity index (χ1n) is 8.50. The van der Waals surface area contributed by atoms with Crippen LogP contribution in [-0.2, 0) is 36.4 Å². The van der Waals surface area contributed by atoms with Gasteiger partial charge in [0.15, 0.2) is 0 Å². The molecule has 0 aliphatic carbocycles. The molecule has 3 fully saturated rings. The molecule has 0 aromatic heterocycles. The molecule has 6 unspecified atom stereocenters. The van der Waals surface area contributed by atoms with Crippen LogP contribution in [0.4, 0.5) is 0 Å². The van der Waals surface area contributed by atoms with Crippen molar-refractivity contribution >= 4 is 29.4 Å². The minimum absolute atomic E-state index is 0.268. The Morgan fingerprint density at radius 3 is 2.50 bits per heavy atom. The van der Waals surface area contributed by atoms with E-state index >= 15 is 0 Å². The molecule has 9 N–H and O–H groups in total. The van der Waals surface area contributed by atoms with E-state index in [1.54, 1.807) is 0 Å². The van der Waals surface area contributed by atoms with Gasteiger partial charge in [0.1, 0.15) is 18.6 Å². The van der Waals surface area contributed by atoms with Crippen LogP contribution in [0.5, 0.6) is 0 Å². The maximum Gasteiger partial charge on any atom is 0.490 e. The van der Waals surface area contributed by atoms with Crippen molar-refractivity contribution in [1.29, 1.82) is 0 Å². The van der Waals surface area contributed by atoms with Crippen LogP contribution in [0.15, 0.2) is 0 Å². The number of nitrogens with two attached hydrogens (primary N) is 1. The molecule has 0 aromatic rings. The van der Waals surface area contributed by atoms with E-state index in [2.05, 4.69) is 29.1 Å². The molecule has 0 bridgehead atoms. The standard InChI is InChI=1S/C10H22N5O12P3/c11-10-13-8-7(9(16)14-10)12-4-15(8)6-2-1-5(25-6)3-24-29(20,21)27-30(22,23)26-28(17,18)19/h5-8,10,12-13H,1-4,11H2,(H,14,16)(H,20,21)(H,22,23)(H2,17,18,19)/t5?,6-,7?,8?,10?/m1/s1. The second-order valence-electron chi connectivity index (χ2n) is 6.63. The van der Waals surface area contributed by atoms with E-state index in [0.29, 0.717) is 19.5 Å². The van der Waals surface area contributed by atoms with Crippen LogP contribution in [0.1, 0.15) is 12.8 Å². The number of ether oxygens (including phenoxy) is 1. The van der Waals surface area contributed by atoms with Crippen LogP contribution in [0, 0.1) is 0 Å². The van der Waals surface area contributed by atoms with E-state index in [-0.39, 0.29) is 5.91 Å². The lowest BCUT2D eigenvalue weighted by atomic mass is 10.1. The number of hydrogen-bond acceptors (Lipinski definition) is 12. The van der Waals surface area contributed by atoms with Crippen molar-refractivity contribution in [2.75, 3.05) is 13.3 Å². The SMILES string of the molecule is NC1NC(=O)C2NCN([C@H]3CCC(COP(=O)(O)OP(=O)(O)OP(=O)(O)O)O3)C2N1. The van der Waals surface area contributed by atoms with Gasteiger partial charge in [-0.05, 0) is 12.8 Å². The third-order valence-corrected chi connectivity index (χ3v) is 8.19. The van der Waals surface area contributed by atoms with Crippen LogP contribution in [0.2, 0.25) is 0 Å². The zero-order valence-electron chi connectivity index (χ0n) is 15.1. The summed E-state index contributed by atoms with van der Waals surface area (Å²) in [5.74, 6) is -0.268. The van der Waals surface area contributed by atoms with Gasteiger partial charge in [0, 0.05) is 0 Å². The average molecular weight is 497 g/mol. The number of hydrogen-bond donors (Lipinski definition) is 8. The van der Waals surface area contributed by atoms with Gasteiger partial charge in [0.05, 0.1) is 25.5 Å². The molecule has 0 saturated carbocycles. The maximum atomic E-state index is 12.0. The molecule has 17 nitrogen and oxygen atoms in total. The summed E-state index contributed by atoms with van der Waals surface area (Å²) in [6.45, 7) is -0.210. The van der Waals surface area contributed by atoms with Crippen molar-refractivity contribution in [3.63, 3.8) is 0 Å². The Balaban J connectivity index is 1.50. The molecule has 3 aliphatic heterocycles. The van der Waals surface area contributed by atoms with Crippen molar-refractivity contribution in [3.05, 3.63) is 0 Å². The number of phosphoric ester groups is 1. The van der Waals surface area contributed by atoms with Gasteiger partial charge in [-0.1, -0.05) is 0 Å². The highest BCUT2D eigenvalue weighted by Crippen LogP contribution is 2.66. The van der Waals surface area contributed by atoms with E-state index in [4.69, 9.17) is 25.2 Å². The minimum Gasteiger partial charge on any atom is -0.357 e. The molecule has 3 aliphatic rings. The fourth-order valence-electron chi connectivity index (χ4n) is 3.32. The summed E-state index contributed by atoms with van der Waals surface area (Å²) >= 11 is 0. The molecule has 20 heteroatoms. The second-order valence-corrected chi connectivity index (χ2v) is 11.0. The molecule has 1 amide bonds. The largest absolute Gasteiger partial charge is 0.490 e. The number of fused-ring (bicyclic) bond motifs is 1. The Bertz CT molecular complexity index is 810. The zero-order valence-corrected chi connectivity index (χ0v) is 17.8. The van der Waals surface area contributed by atoms with E-state index < -0.39 is 60.9 Å². The molecule has 0 radical (unpaired) electrons. The number of amides is 1. The number of nitrogens with one attached hydrogen (secondary N) is 3. The van der Waals surface area contributed by atoms with E-state index in [9.17, 15) is 23.4 Å². The van der Waals surface area contributed by atoms with Gasteiger partial charge in [0.25, 0.3) is 0 Å². The Labute approximate surface area is 169 Å². The van der Waals surface area contributed by atoms with Crippen molar-refractivity contribution in [3.8, 4) is 0 Å². The van der Waals surface area contributed by atoms with Crippen molar-refractivity contribution in [1.82, 2.24) is 20.9 Å². The fourth-order valence-corrected chi connectivity index (χ4v) is 6.37. The van der Waals surface area contributed by atoms with E-state index in [1.807, 2.05) is 4.90 Å². The highest BCUT2D eigenvalue weighted by molar-refractivity contribution is 7.66. The first-order valence-corrected chi connectivity index (χ1v) is 13.0. The molecule has 7 atom stereocenters. The third-order valence-electron chi connectivity index (χ3n) is 4.39. The highest BCUT2D eigenvalue weighted by Gasteiger charge is 2.47. The van der Waals surface area contributed by atoms with Gasteiger partial charge in [-0.2, -0.15) is 8.62 Å². The van der Waals surface area contributed by atoms with E-state index in [1.165, 1.54) is 0 Å². The molecular formula is C10H22N5O12P3. The number of carbonyl (C=O) groups excluding carboxylic acids is 1. The summed E-state index contributed by atoms with van der Waals surface area (Å²) in [5.41, 5.74) is 5.72. The predicted molar refractivity (Wildman–Crippen MR) is 94.4 cm³/mol. The first-order chi connectivity index (χ1) is 13.7. The van der Waals surface area contributed by atoms with Crippen LogP contribution in [0.3, 0.4) is 0 Å². The summed E-state index contributed by atoms with van der Waals surface area (Å²) in [6, 6.07) is -0.539. The molecular weight excluding hydrogens is 475 g/mol. The fraction of sp³-hybridized carbons (Fsp3) is 0.900. The average Bonchev–Trinajstić information content (AvgIpc) is 3.15. The number of nitrogens with zero attached hydrogens (tertiary/aromatic N) is 1. The first kappa shape index (κ1) is 24.3. The summed E-state index contributed by atoms with van der Waals surface area (Å²) in [6.07, 6.45) is -1.49. The molecule has 0 spiro atoms. The maximum absolute atomic E-state index is 12.0. The summed E-state index contributed by atoms with van der Waals surface area (Å²) in [5, 5.41) is 8.57. The molecule has 174 valence electrons. The summed E-state index contributed by atoms with van der Waals surface area (Å²) in [4.78, 5) is 49.4. The lowest BCUT2D eigenvalue weighted by molar-refractivity contribution is -0.129. The van der Waals surface area contributed by atoms with Crippen LogP contribution >= 0.6 is 23.5 Å². The molecule has 3 rings (SSSR count). The molecule has 3 heterocycles. The van der Waals surface area contributed by atoms with Crippen LogP contribution in [-0.4, -0.2) is 74.5 Å². The number of carbonyl (C=O) groups is 1. The topological polar surface area (TPSA) is 251 Å². The quantitative estimate of drug-likeness (QED) is 0.159. The Morgan fingerprint density at radius 1 is 1.13 bits per heavy atom. The molecule has 30 heavy (non-hydrogen) atoms. The van der Waals surface area contributed by atoms with Crippen molar-refractivity contribution in [2.45, 2.75) is 43.7 Å². The van der Waals surface area contributed by atoms with Gasteiger partial charge in [0.2, 0.25) is 5.91 Å². The Morgan fingerprint density at radius 2 is 1.83 bits per heavy atom.